The normalized spacial score (nSPS) is 11.2. The van der Waals surface area contributed by atoms with Crippen molar-refractivity contribution in [3.8, 4) is 0 Å². The maximum absolute atomic E-state index is 13.4. The van der Waals surface area contributed by atoms with Gasteiger partial charge in [0.25, 0.3) is 5.91 Å². The molecule has 7 heterocycles. The highest BCUT2D eigenvalue weighted by Crippen LogP contribution is 2.27. The molecule has 17 nitrogen and oxygen atoms in total. The average Bonchev–Trinajstić information content (AvgIpc) is 3.43. The number of nitrogens with two attached hydrogens (primary N) is 1. The SMILES string of the molecule is COC(=O)c1c2ccccc2nn1Cc1ccc2ncc(Cl)cc2c1.Cc1cc(N)nc(C)c1CNC(=O)c1c2ccccc2nn1Cc1ccc2ncc(Cl)cc2c1.O=C(O)c1c2ccccc2nn1Cc1ccc2ncc(Cl)cc2c1. The molecule has 0 bridgehead atoms. The minimum Gasteiger partial charge on any atom is -0.477 e. The fourth-order valence-electron chi connectivity index (χ4n) is 10.0. The number of aromatic carboxylic acids is 1. The number of methoxy groups -OCH3 is 1. The molecular weight excluding hydrogens is 1110 g/mol. The van der Waals surface area contributed by atoms with Crippen LogP contribution in [0.1, 0.15) is 65.0 Å². The maximum atomic E-state index is 13.4. The lowest BCUT2D eigenvalue weighted by Gasteiger charge is -2.13. The number of hydrogen-bond acceptors (Lipinski definition) is 12. The highest BCUT2D eigenvalue weighted by atomic mass is 35.5. The Hall–Kier alpha value is -9.81. The number of carboxylic acids is 1. The first-order chi connectivity index (χ1) is 40.2. The molecule has 0 aliphatic carbocycles. The van der Waals surface area contributed by atoms with E-state index in [1.165, 1.54) is 11.8 Å². The molecule has 0 aliphatic heterocycles. The third-order valence-electron chi connectivity index (χ3n) is 13.9. The number of esters is 1. The van der Waals surface area contributed by atoms with Gasteiger partial charge < -0.3 is 20.9 Å². The van der Waals surface area contributed by atoms with E-state index in [2.05, 4.69) is 35.5 Å². The number of nitrogens with zero attached hydrogens (tertiary/aromatic N) is 10. The molecule has 0 saturated heterocycles. The van der Waals surface area contributed by atoms with Gasteiger partial charge in [-0.3, -0.25) is 33.8 Å². The van der Waals surface area contributed by atoms with Crippen molar-refractivity contribution in [3.63, 3.8) is 0 Å². The number of hydrogen-bond donors (Lipinski definition) is 3. The van der Waals surface area contributed by atoms with Crippen LogP contribution in [-0.4, -0.2) is 79.3 Å². The number of aryl methyl sites for hydroxylation is 2. The lowest BCUT2D eigenvalue weighted by atomic mass is 10.1. The Kier molecular flexibility index (Phi) is 15.8. The predicted molar refractivity (Wildman–Crippen MR) is 324 cm³/mol. The molecule has 6 aromatic carbocycles. The average molecular weight is 1160 g/mol. The van der Waals surface area contributed by atoms with Crippen molar-refractivity contribution >= 4 is 124 Å². The van der Waals surface area contributed by atoms with E-state index in [4.69, 9.17) is 50.4 Å². The number of nitrogen functional groups attached to an aromatic ring is 1. The molecule has 0 spiro atoms. The smallest absolute Gasteiger partial charge is 0.356 e. The molecule has 0 atom stereocenters. The van der Waals surface area contributed by atoms with E-state index in [-0.39, 0.29) is 11.6 Å². The van der Waals surface area contributed by atoms with Crippen LogP contribution in [0.2, 0.25) is 15.1 Å². The van der Waals surface area contributed by atoms with Crippen molar-refractivity contribution in [1.82, 2.24) is 54.6 Å². The summed E-state index contributed by atoms with van der Waals surface area (Å²) in [5.41, 5.74) is 17.4. The maximum Gasteiger partial charge on any atom is 0.356 e. The van der Waals surface area contributed by atoms with Crippen molar-refractivity contribution in [2.45, 2.75) is 40.0 Å². The van der Waals surface area contributed by atoms with Gasteiger partial charge in [-0.25, -0.2) is 14.6 Å². The Balaban J connectivity index is 0.000000133. The minimum absolute atomic E-state index is 0.190. The number of pyridine rings is 4. The molecule has 0 aliphatic rings. The van der Waals surface area contributed by atoms with E-state index in [1.807, 2.05) is 159 Å². The van der Waals surface area contributed by atoms with Gasteiger partial charge >= 0.3 is 11.9 Å². The highest BCUT2D eigenvalue weighted by molar-refractivity contribution is 6.31. The van der Waals surface area contributed by atoms with Crippen LogP contribution >= 0.6 is 34.8 Å². The Morgan fingerprint density at radius 3 is 1.35 bits per heavy atom. The number of ether oxygens (including phenoxy) is 1. The number of aromatic nitrogens is 10. The van der Waals surface area contributed by atoms with Crippen LogP contribution < -0.4 is 11.1 Å². The number of carbonyl (C=O) groups is 3. The van der Waals surface area contributed by atoms with Crippen molar-refractivity contribution in [2.75, 3.05) is 12.8 Å². The zero-order valence-corrected chi connectivity index (χ0v) is 47.0. The van der Waals surface area contributed by atoms with Gasteiger partial charge in [-0.1, -0.05) is 108 Å². The number of amides is 1. The van der Waals surface area contributed by atoms with Crippen molar-refractivity contribution < 1.29 is 24.2 Å². The Bertz CT molecular complexity index is 4650. The Morgan fingerprint density at radius 2 is 0.928 bits per heavy atom. The molecule has 13 rings (SSSR count). The fourth-order valence-corrected chi connectivity index (χ4v) is 10.5. The molecule has 412 valence electrons. The van der Waals surface area contributed by atoms with Gasteiger partial charge in [0.1, 0.15) is 11.5 Å². The summed E-state index contributed by atoms with van der Waals surface area (Å²) in [5, 5.41) is 33.0. The number of halogens is 3. The number of carbonyl (C=O) groups excluding carboxylic acids is 2. The van der Waals surface area contributed by atoms with Crippen LogP contribution in [0.4, 0.5) is 5.82 Å². The number of carboxylic acid groups (broad SMARTS) is 1. The van der Waals surface area contributed by atoms with Crippen LogP contribution in [-0.2, 0) is 30.9 Å². The molecule has 1 amide bonds. The quantitative estimate of drug-likeness (QED) is 0.103. The van der Waals surface area contributed by atoms with E-state index in [0.29, 0.717) is 69.4 Å². The minimum atomic E-state index is -0.991. The third-order valence-corrected chi connectivity index (χ3v) is 14.5. The molecule has 0 radical (unpaired) electrons. The van der Waals surface area contributed by atoms with Gasteiger partial charge in [0.05, 0.1) is 74.9 Å². The third kappa shape index (κ3) is 12.0. The number of benzene rings is 6. The molecule has 4 N–H and O–H groups in total. The number of fused-ring (bicyclic) bond motifs is 6. The van der Waals surface area contributed by atoms with Crippen LogP contribution in [0.3, 0.4) is 0 Å². The topological polar surface area (TPSA) is 224 Å². The van der Waals surface area contributed by atoms with Crippen molar-refractivity contribution in [1.29, 1.82) is 0 Å². The highest BCUT2D eigenvalue weighted by Gasteiger charge is 2.22. The van der Waals surface area contributed by atoms with Gasteiger partial charge in [0, 0.05) is 63.1 Å². The van der Waals surface area contributed by atoms with Crippen LogP contribution in [0, 0.1) is 13.8 Å². The van der Waals surface area contributed by atoms with Crippen LogP contribution in [0.25, 0.3) is 65.4 Å². The molecule has 7 aromatic heterocycles. The number of anilines is 1. The van der Waals surface area contributed by atoms with Gasteiger partial charge in [0.15, 0.2) is 11.4 Å². The van der Waals surface area contributed by atoms with E-state index >= 15 is 0 Å². The van der Waals surface area contributed by atoms with E-state index in [1.54, 1.807) is 34.0 Å². The molecule has 0 fully saturated rings. The summed E-state index contributed by atoms with van der Waals surface area (Å²) in [4.78, 5) is 54.5. The van der Waals surface area contributed by atoms with Gasteiger partial charge in [-0.15, -0.1) is 0 Å². The van der Waals surface area contributed by atoms with Gasteiger partial charge in [-0.05, 0) is 121 Å². The second-order valence-electron chi connectivity index (χ2n) is 19.5. The summed E-state index contributed by atoms with van der Waals surface area (Å²) in [7, 11) is 1.37. The Labute approximate surface area is 488 Å². The largest absolute Gasteiger partial charge is 0.477 e. The van der Waals surface area contributed by atoms with E-state index < -0.39 is 11.9 Å². The lowest BCUT2D eigenvalue weighted by molar-refractivity contribution is 0.0588. The number of rotatable bonds is 11. The van der Waals surface area contributed by atoms with E-state index in [0.717, 1.165) is 88.0 Å². The van der Waals surface area contributed by atoms with Gasteiger partial charge in [-0.2, -0.15) is 15.3 Å². The summed E-state index contributed by atoms with van der Waals surface area (Å²) in [6, 6.07) is 47.4. The first-order valence-electron chi connectivity index (χ1n) is 26.0. The molecule has 0 unspecified atom stereocenters. The molecule has 20 heteroatoms. The summed E-state index contributed by atoms with van der Waals surface area (Å²) in [6.45, 7) is 5.45. The lowest BCUT2D eigenvalue weighted by Crippen LogP contribution is -2.27. The summed E-state index contributed by atoms with van der Waals surface area (Å²) >= 11 is 18.1. The summed E-state index contributed by atoms with van der Waals surface area (Å²) in [5.74, 6) is -1.12. The van der Waals surface area contributed by atoms with E-state index in [9.17, 15) is 19.5 Å². The first kappa shape index (κ1) is 55.1. The number of nitrogens with one attached hydrogen (secondary N) is 1. The molecule has 83 heavy (non-hydrogen) atoms. The molecule has 0 saturated carbocycles. The van der Waals surface area contributed by atoms with Crippen LogP contribution in [0.5, 0.6) is 0 Å². The standard InChI is InChI=1S/C26H23ClN6O.C19H14ClN3O2.C18H12ClN3O2/c1-15-9-24(28)31-16(2)21(15)13-30-26(34)25-20-5-3-4-6-23(20)32-33(25)14-17-7-8-22-18(10-17)11-19(27)12-29-22;1-25-19(24)18-15-4-2-3-5-17(15)22-23(18)11-12-6-7-16-13(8-12)9-14(20)10-21-16;19-13-8-12-7-11(5-6-15(12)20-9-13)10-22-17(18(23)24)14-3-1-2-4-16(14)21-22/h3-12H,13-14H2,1-2H3,(H2,28,31)(H,30,34);2-10H,11H2,1H3;1-9H,10H2,(H,23,24). The summed E-state index contributed by atoms with van der Waals surface area (Å²) < 4.78 is 9.89. The first-order valence-corrected chi connectivity index (χ1v) is 27.1. The Morgan fingerprint density at radius 1 is 0.530 bits per heavy atom. The molecular formula is C63H49Cl3N12O5. The second kappa shape index (κ2) is 23.7. The summed E-state index contributed by atoms with van der Waals surface area (Å²) in [6.07, 6.45) is 4.86. The zero-order valence-electron chi connectivity index (χ0n) is 44.8. The fraction of sp³-hybridized carbons (Fsp3) is 0.111. The van der Waals surface area contributed by atoms with Crippen molar-refractivity contribution in [2.24, 2.45) is 0 Å². The zero-order chi connectivity index (χ0) is 57.9. The predicted octanol–water partition coefficient (Wildman–Crippen LogP) is 12.9. The van der Waals surface area contributed by atoms with Crippen molar-refractivity contribution in [3.05, 3.63) is 236 Å². The monoisotopic (exact) mass is 1160 g/mol. The second-order valence-corrected chi connectivity index (χ2v) is 20.8. The molecule has 13 aromatic rings. The van der Waals surface area contributed by atoms with Gasteiger partial charge in [0.2, 0.25) is 0 Å². The van der Waals surface area contributed by atoms with Crippen LogP contribution in [0.15, 0.2) is 170 Å².